The van der Waals surface area contributed by atoms with Crippen molar-refractivity contribution in [3.63, 3.8) is 0 Å². The Hall–Kier alpha value is -0.930. The highest BCUT2D eigenvalue weighted by molar-refractivity contribution is 5.97. The maximum Gasteiger partial charge on any atom is 0.159 e. The van der Waals surface area contributed by atoms with E-state index in [2.05, 4.69) is 13.0 Å². The Morgan fingerprint density at radius 3 is 2.57 bits per heavy atom. The maximum atomic E-state index is 12.2. The molecule has 3 rings (SSSR count). The van der Waals surface area contributed by atoms with E-state index in [-0.39, 0.29) is 28.4 Å². The summed E-state index contributed by atoms with van der Waals surface area (Å²) in [6.45, 7) is 8.19. The van der Waals surface area contributed by atoms with E-state index in [0.717, 1.165) is 12.0 Å². The van der Waals surface area contributed by atoms with Crippen molar-refractivity contribution < 1.29 is 15.0 Å². The monoisotopic (exact) mass is 290 g/mol. The summed E-state index contributed by atoms with van der Waals surface area (Å²) in [6, 6.07) is 0. The van der Waals surface area contributed by atoms with Gasteiger partial charge in [0.15, 0.2) is 5.78 Å². The van der Waals surface area contributed by atoms with Gasteiger partial charge in [0.05, 0.1) is 12.2 Å². The number of hydrogen-bond donors (Lipinski definition) is 2. The molecule has 3 aliphatic carbocycles. The van der Waals surface area contributed by atoms with Crippen LogP contribution in [0, 0.1) is 22.7 Å². The predicted molar refractivity (Wildman–Crippen MR) is 81.6 cm³/mol. The molecule has 0 radical (unpaired) electrons. The van der Waals surface area contributed by atoms with Crippen LogP contribution >= 0.6 is 0 Å². The van der Waals surface area contributed by atoms with Gasteiger partial charge in [0.25, 0.3) is 0 Å². The average molecular weight is 290 g/mol. The van der Waals surface area contributed by atoms with E-state index in [1.54, 1.807) is 0 Å². The van der Waals surface area contributed by atoms with E-state index in [1.165, 1.54) is 5.57 Å². The van der Waals surface area contributed by atoms with Gasteiger partial charge < -0.3 is 10.2 Å². The van der Waals surface area contributed by atoms with Gasteiger partial charge in [-0.3, -0.25) is 4.79 Å². The average Bonchev–Trinajstić information content (AvgIpc) is 2.38. The molecule has 3 heteroatoms. The fourth-order valence-electron chi connectivity index (χ4n) is 5.18. The second-order valence-electron chi connectivity index (χ2n) is 8.04. The first kappa shape index (κ1) is 15.0. The maximum absolute atomic E-state index is 12.2. The minimum absolute atomic E-state index is 0.126. The molecule has 0 aromatic rings. The number of allylic oxidation sites excluding steroid dienone is 4. The standard InChI is InChI=1S/C18H26O3/c1-10-7-11-5-6-15-17(2,3)16(21)14(20)9-18(15,4)12(11)8-13(10)19/h5,7,12,14-16,20-21H,6,8-9H2,1-4H3/t12-,14-,15-,16-,18+/m1/s1. The van der Waals surface area contributed by atoms with Gasteiger partial charge in [-0.15, -0.1) is 0 Å². The lowest BCUT2D eigenvalue weighted by molar-refractivity contribution is -0.174. The smallest absolute Gasteiger partial charge is 0.159 e. The summed E-state index contributed by atoms with van der Waals surface area (Å²) < 4.78 is 0. The fourth-order valence-corrected chi connectivity index (χ4v) is 5.18. The lowest BCUT2D eigenvalue weighted by Crippen LogP contribution is -2.60. The molecule has 3 nitrogen and oxygen atoms in total. The van der Waals surface area contributed by atoms with E-state index in [9.17, 15) is 15.0 Å². The molecule has 0 amide bonds. The quantitative estimate of drug-likeness (QED) is 0.721. The molecular weight excluding hydrogens is 264 g/mol. The zero-order valence-corrected chi connectivity index (χ0v) is 13.4. The molecular formula is C18H26O3. The number of aliphatic hydroxyl groups excluding tert-OH is 2. The number of carbonyl (C=O) groups excluding carboxylic acids is 1. The zero-order valence-electron chi connectivity index (χ0n) is 13.4. The Balaban J connectivity index is 2.08. The molecule has 0 unspecified atom stereocenters. The first-order chi connectivity index (χ1) is 9.68. The highest BCUT2D eigenvalue weighted by Gasteiger charge is 2.58. The number of hydrogen-bond acceptors (Lipinski definition) is 3. The molecule has 5 atom stereocenters. The molecule has 21 heavy (non-hydrogen) atoms. The number of aliphatic hydroxyl groups is 2. The normalized spacial score (nSPS) is 45.3. The van der Waals surface area contributed by atoms with Gasteiger partial charge in [0, 0.05) is 6.42 Å². The summed E-state index contributed by atoms with van der Waals surface area (Å²) in [6.07, 6.45) is 4.91. The van der Waals surface area contributed by atoms with E-state index >= 15 is 0 Å². The molecule has 0 aromatic carbocycles. The topological polar surface area (TPSA) is 57.5 Å². The Labute approximate surface area is 126 Å². The zero-order chi connectivity index (χ0) is 15.6. The van der Waals surface area contributed by atoms with Gasteiger partial charge >= 0.3 is 0 Å². The van der Waals surface area contributed by atoms with Crippen molar-refractivity contribution in [1.82, 2.24) is 0 Å². The SMILES string of the molecule is CC1=CC2=CC[C@@H]3C(C)(C)[C@H](O)[C@H](O)C[C@@]3(C)[C@@H]2CC1=O. The van der Waals surface area contributed by atoms with Gasteiger partial charge in [-0.2, -0.15) is 0 Å². The second kappa shape index (κ2) is 4.53. The van der Waals surface area contributed by atoms with Crippen LogP contribution in [-0.2, 0) is 4.79 Å². The van der Waals surface area contributed by atoms with Crippen molar-refractivity contribution in [2.24, 2.45) is 22.7 Å². The van der Waals surface area contributed by atoms with E-state index in [4.69, 9.17) is 0 Å². The van der Waals surface area contributed by atoms with Crippen LogP contribution in [0.5, 0.6) is 0 Å². The number of rotatable bonds is 0. The third-order valence-corrected chi connectivity index (χ3v) is 6.47. The summed E-state index contributed by atoms with van der Waals surface area (Å²) in [4.78, 5) is 12.2. The largest absolute Gasteiger partial charge is 0.390 e. The van der Waals surface area contributed by atoms with Crippen LogP contribution in [0.25, 0.3) is 0 Å². The lowest BCUT2D eigenvalue weighted by atomic mass is 9.46. The van der Waals surface area contributed by atoms with Crippen LogP contribution in [0.4, 0.5) is 0 Å². The predicted octanol–water partition coefficient (Wildman–Crippen LogP) is 2.63. The van der Waals surface area contributed by atoms with E-state index < -0.39 is 12.2 Å². The molecule has 0 bridgehead atoms. The Morgan fingerprint density at radius 1 is 1.24 bits per heavy atom. The van der Waals surface area contributed by atoms with Crippen molar-refractivity contribution in [3.05, 3.63) is 23.3 Å². The molecule has 0 saturated heterocycles. The van der Waals surface area contributed by atoms with Gasteiger partial charge in [0.2, 0.25) is 0 Å². The Kier molecular flexibility index (Phi) is 3.23. The number of ketones is 1. The number of Topliss-reactive ketones (excluding diaryl/α,β-unsaturated/α-hetero) is 1. The minimum atomic E-state index is -0.706. The van der Waals surface area contributed by atoms with Crippen molar-refractivity contribution in [2.45, 2.75) is 59.2 Å². The molecule has 1 saturated carbocycles. The first-order valence-electron chi connectivity index (χ1n) is 7.95. The van der Waals surface area contributed by atoms with Crippen LogP contribution in [0.3, 0.4) is 0 Å². The van der Waals surface area contributed by atoms with Crippen LogP contribution in [0.1, 0.15) is 47.0 Å². The summed E-state index contributed by atoms with van der Waals surface area (Å²) in [7, 11) is 0. The van der Waals surface area contributed by atoms with Crippen molar-refractivity contribution in [2.75, 3.05) is 0 Å². The molecule has 2 N–H and O–H groups in total. The van der Waals surface area contributed by atoms with E-state index in [0.29, 0.717) is 12.8 Å². The fraction of sp³-hybridized carbons (Fsp3) is 0.722. The molecule has 116 valence electrons. The Morgan fingerprint density at radius 2 is 1.90 bits per heavy atom. The Bertz CT molecular complexity index is 543. The third-order valence-electron chi connectivity index (χ3n) is 6.47. The van der Waals surface area contributed by atoms with Crippen molar-refractivity contribution >= 4 is 5.78 Å². The molecule has 0 spiro atoms. The lowest BCUT2D eigenvalue weighted by Gasteiger charge is -2.60. The summed E-state index contributed by atoms with van der Waals surface area (Å²) in [5.41, 5.74) is 1.63. The van der Waals surface area contributed by atoms with Gasteiger partial charge in [-0.05, 0) is 53.6 Å². The summed E-state index contributed by atoms with van der Waals surface area (Å²) in [5, 5.41) is 20.8. The molecule has 1 fully saturated rings. The third kappa shape index (κ3) is 1.97. The van der Waals surface area contributed by atoms with Crippen molar-refractivity contribution in [1.29, 1.82) is 0 Å². The van der Waals surface area contributed by atoms with Crippen LogP contribution < -0.4 is 0 Å². The van der Waals surface area contributed by atoms with Crippen LogP contribution in [-0.4, -0.2) is 28.2 Å². The molecule has 0 aromatic heterocycles. The van der Waals surface area contributed by atoms with E-state index in [1.807, 2.05) is 26.8 Å². The van der Waals surface area contributed by atoms with Gasteiger partial charge in [-0.1, -0.05) is 32.9 Å². The highest BCUT2D eigenvalue weighted by atomic mass is 16.3. The van der Waals surface area contributed by atoms with Gasteiger partial charge in [0.1, 0.15) is 0 Å². The number of fused-ring (bicyclic) bond motifs is 3. The summed E-state index contributed by atoms with van der Waals surface area (Å²) >= 11 is 0. The van der Waals surface area contributed by atoms with Gasteiger partial charge in [-0.25, -0.2) is 0 Å². The second-order valence-corrected chi connectivity index (χ2v) is 8.04. The van der Waals surface area contributed by atoms with Crippen LogP contribution in [0.2, 0.25) is 0 Å². The molecule has 3 aliphatic rings. The minimum Gasteiger partial charge on any atom is -0.390 e. The summed E-state index contributed by atoms with van der Waals surface area (Å²) in [5.74, 6) is 0.683. The highest BCUT2D eigenvalue weighted by Crippen LogP contribution is 2.61. The molecule has 0 heterocycles. The number of carbonyl (C=O) groups is 1. The van der Waals surface area contributed by atoms with Crippen molar-refractivity contribution in [3.8, 4) is 0 Å². The first-order valence-corrected chi connectivity index (χ1v) is 7.95. The van der Waals surface area contributed by atoms with Crippen LogP contribution in [0.15, 0.2) is 23.3 Å². The molecule has 0 aliphatic heterocycles.